The molecule has 1 aromatic carbocycles. The van der Waals surface area contributed by atoms with Gasteiger partial charge in [0.25, 0.3) is 0 Å². The molecule has 1 N–H and O–H groups in total. The van der Waals surface area contributed by atoms with Crippen LogP contribution in [0.2, 0.25) is 0 Å². The number of methoxy groups -OCH3 is 2. The Morgan fingerprint density at radius 2 is 1.97 bits per heavy atom. The molecule has 0 radical (unpaired) electrons. The molecule has 0 amide bonds. The average Bonchev–Trinajstić information content (AvgIpc) is 3.39. The van der Waals surface area contributed by atoms with Crippen molar-refractivity contribution in [2.24, 2.45) is 0 Å². The molecule has 0 spiro atoms. The molecule has 1 aliphatic carbocycles. The van der Waals surface area contributed by atoms with Crippen molar-refractivity contribution in [3.05, 3.63) is 68.7 Å². The van der Waals surface area contributed by atoms with Gasteiger partial charge in [0.1, 0.15) is 6.61 Å². The lowest BCUT2D eigenvalue weighted by Crippen LogP contribution is -2.36. The highest BCUT2D eigenvalue weighted by molar-refractivity contribution is 7.99. The number of esters is 1. The molecule has 2 heterocycles. The number of Topliss-reactive ketones (excluding diaryl/α,β-unsaturated/α-hetero) is 1. The summed E-state index contributed by atoms with van der Waals surface area (Å²) >= 11 is 3.29. The monoisotopic (exact) mass is 513 g/mol. The van der Waals surface area contributed by atoms with Crippen LogP contribution < -0.4 is 14.8 Å². The number of carbonyl (C=O) groups is 2. The predicted octanol–water partition coefficient (Wildman–Crippen LogP) is 5.42. The van der Waals surface area contributed by atoms with Crippen LogP contribution in [0, 0.1) is 0 Å². The Hall–Kier alpha value is -2.71. The molecule has 1 aliphatic heterocycles. The van der Waals surface area contributed by atoms with E-state index in [1.807, 2.05) is 42.6 Å². The maximum Gasteiger partial charge on any atom is 0.336 e. The number of allylic oxidation sites excluding steroid dienone is 3. The highest BCUT2D eigenvalue weighted by Crippen LogP contribution is 2.47. The fourth-order valence-electron chi connectivity index (χ4n) is 4.81. The van der Waals surface area contributed by atoms with Gasteiger partial charge in [-0.15, -0.1) is 11.3 Å². The zero-order valence-corrected chi connectivity index (χ0v) is 22.1. The van der Waals surface area contributed by atoms with Gasteiger partial charge in [-0.25, -0.2) is 4.79 Å². The van der Waals surface area contributed by atoms with Crippen LogP contribution in [-0.2, 0) is 14.3 Å². The van der Waals surface area contributed by atoms with E-state index in [1.54, 1.807) is 37.3 Å². The molecular weight excluding hydrogens is 482 g/mol. The Kier molecular flexibility index (Phi) is 8.23. The lowest BCUT2D eigenvalue weighted by molar-refractivity contribution is -0.138. The lowest BCUT2D eigenvalue weighted by atomic mass is 9.73. The lowest BCUT2D eigenvalue weighted by Gasteiger charge is -2.36. The second kappa shape index (κ2) is 11.4. The topological polar surface area (TPSA) is 73.9 Å². The van der Waals surface area contributed by atoms with Crippen LogP contribution in [0.5, 0.6) is 11.5 Å². The summed E-state index contributed by atoms with van der Waals surface area (Å²) in [4.78, 5) is 27.8. The average molecular weight is 514 g/mol. The van der Waals surface area contributed by atoms with Crippen LogP contribution in [0.25, 0.3) is 0 Å². The fourth-order valence-corrected chi connectivity index (χ4v) is 6.14. The number of rotatable bonds is 9. The Bertz CT molecular complexity index is 1150. The fraction of sp³-hybridized carbons (Fsp3) is 0.407. The Morgan fingerprint density at radius 3 is 2.66 bits per heavy atom. The van der Waals surface area contributed by atoms with Gasteiger partial charge >= 0.3 is 5.97 Å². The van der Waals surface area contributed by atoms with E-state index in [2.05, 4.69) is 12.2 Å². The number of hydrogen-bond acceptors (Lipinski definition) is 8. The minimum absolute atomic E-state index is 0.00455. The number of ketones is 1. The summed E-state index contributed by atoms with van der Waals surface area (Å²) in [6.45, 7) is 4.33. The summed E-state index contributed by atoms with van der Waals surface area (Å²) in [6, 6.07) is 9.76. The van der Waals surface area contributed by atoms with E-state index >= 15 is 0 Å². The highest BCUT2D eigenvalue weighted by atomic mass is 32.2. The van der Waals surface area contributed by atoms with E-state index < -0.39 is 5.92 Å². The molecule has 6 nitrogen and oxygen atoms in total. The third kappa shape index (κ3) is 5.28. The summed E-state index contributed by atoms with van der Waals surface area (Å²) < 4.78 is 16.5. The van der Waals surface area contributed by atoms with Gasteiger partial charge in [0.2, 0.25) is 0 Å². The molecule has 8 heteroatoms. The van der Waals surface area contributed by atoms with E-state index in [1.165, 1.54) is 0 Å². The van der Waals surface area contributed by atoms with E-state index in [0.29, 0.717) is 42.1 Å². The molecule has 35 heavy (non-hydrogen) atoms. The summed E-state index contributed by atoms with van der Waals surface area (Å²) in [6.07, 6.45) is 1.04. The Balaban J connectivity index is 1.66. The standard InChI is InChI=1S/C27H31NO5S2/c1-5-34-12-10-33-27(30)24-16(2)28-19-13-18(17-8-9-21(31-3)22(15-17)32-4)14-20(29)25(19)26(24)23-7-6-11-35-23/h6-9,11,15,18,26,28H,5,10,12-14H2,1-4H3/t18-,26+/m0/s1. The van der Waals surface area contributed by atoms with Crippen molar-refractivity contribution in [2.75, 3.05) is 32.3 Å². The SMILES string of the molecule is CCSCCOC(=O)C1=C(C)NC2=C(C(=O)C[C@@H](c3ccc(OC)c(OC)c3)C2)[C@@H]1c1cccs1. The van der Waals surface area contributed by atoms with E-state index in [0.717, 1.165) is 33.3 Å². The van der Waals surface area contributed by atoms with Crippen LogP contribution in [-0.4, -0.2) is 44.1 Å². The highest BCUT2D eigenvalue weighted by Gasteiger charge is 2.42. The molecule has 0 unspecified atom stereocenters. The molecule has 0 fully saturated rings. The number of thiophene rings is 1. The molecule has 2 aromatic rings. The Morgan fingerprint density at radius 1 is 1.17 bits per heavy atom. The van der Waals surface area contributed by atoms with Gasteiger partial charge < -0.3 is 19.5 Å². The van der Waals surface area contributed by atoms with Crippen LogP contribution >= 0.6 is 23.1 Å². The maximum absolute atomic E-state index is 13.6. The number of dihydropyridines is 1. The van der Waals surface area contributed by atoms with Crippen molar-refractivity contribution in [1.82, 2.24) is 5.32 Å². The first-order valence-electron chi connectivity index (χ1n) is 11.7. The summed E-state index contributed by atoms with van der Waals surface area (Å²) in [5, 5.41) is 5.38. The van der Waals surface area contributed by atoms with Gasteiger partial charge in [-0.3, -0.25) is 4.79 Å². The van der Waals surface area contributed by atoms with Crippen molar-refractivity contribution >= 4 is 34.9 Å². The quantitative estimate of drug-likeness (QED) is 0.354. The zero-order chi connectivity index (χ0) is 24.9. The second-order valence-corrected chi connectivity index (χ2v) is 10.9. The summed E-state index contributed by atoms with van der Waals surface area (Å²) in [5.74, 6) is 2.33. The first kappa shape index (κ1) is 25.4. The number of hydrogen-bond donors (Lipinski definition) is 1. The van der Waals surface area contributed by atoms with E-state index in [9.17, 15) is 9.59 Å². The van der Waals surface area contributed by atoms with Crippen LogP contribution in [0.15, 0.2) is 58.3 Å². The molecule has 0 saturated carbocycles. The van der Waals surface area contributed by atoms with Crippen molar-refractivity contribution in [3.63, 3.8) is 0 Å². The number of ether oxygens (including phenoxy) is 3. The largest absolute Gasteiger partial charge is 0.493 e. The van der Waals surface area contributed by atoms with Gasteiger partial charge in [0, 0.05) is 34.0 Å². The second-order valence-electron chi connectivity index (χ2n) is 8.48. The first-order chi connectivity index (χ1) is 17.0. The van der Waals surface area contributed by atoms with Gasteiger partial charge in [0.05, 0.1) is 25.7 Å². The predicted molar refractivity (Wildman–Crippen MR) is 140 cm³/mol. The van der Waals surface area contributed by atoms with Gasteiger partial charge in [-0.2, -0.15) is 11.8 Å². The van der Waals surface area contributed by atoms with Crippen molar-refractivity contribution in [3.8, 4) is 11.5 Å². The smallest absolute Gasteiger partial charge is 0.336 e. The van der Waals surface area contributed by atoms with Crippen molar-refractivity contribution in [1.29, 1.82) is 0 Å². The third-order valence-electron chi connectivity index (χ3n) is 6.42. The number of nitrogens with one attached hydrogen (secondary N) is 1. The molecule has 186 valence electrons. The molecule has 2 atom stereocenters. The first-order valence-corrected chi connectivity index (χ1v) is 13.8. The van der Waals surface area contributed by atoms with Gasteiger partial charge in [0.15, 0.2) is 17.3 Å². The summed E-state index contributed by atoms with van der Waals surface area (Å²) in [7, 11) is 3.22. The minimum Gasteiger partial charge on any atom is -0.493 e. The van der Waals surface area contributed by atoms with Crippen LogP contribution in [0.4, 0.5) is 0 Å². The number of benzene rings is 1. The number of thioether (sulfide) groups is 1. The normalized spacial score (nSPS) is 19.8. The van der Waals surface area contributed by atoms with Gasteiger partial charge in [-0.05, 0) is 54.2 Å². The Labute approximate surface area is 214 Å². The van der Waals surface area contributed by atoms with E-state index in [-0.39, 0.29) is 17.7 Å². The summed E-state index contributed by atoms with van der Waals surface area (Å²) in [5.41, 5.74) is 3.87. The van der Waals surface area contributed by atoms with E-state index in [4.69, 9.17) is 14.2 Å². The minimum atomic E-state index is -0.406. The molecule has 4 rings (SSSR count). The molecule has 0 bridgehead atoms. The molecule has 1 aromatic heterocycles. The molecule has 0 saturated heterocycles. The third-order valence-corrected chi connectivity index (χ3v) is 8.22. The molecule has 2 aliphatic rings. The van der Waals surface area contributed by atoms with Gasteiger partial charge in [-0.1, -0.05) is 19.1 Å². The van der Waals surface area contributed by atoms with Crippen LogP contribution in [0.1, 0.15) is 49.0 Å². The van der Waals surface area contributed by atoms with Crippen molar-refractivity contribution < 1.29 is 23.8 Å². The zero-order valence-electron chi connectivity index (χ0n) is 20.5. The molecular formula is C27H31NO5S2. The van der Waals surface area contributed by atoms with Crippen LogP contribution in [0.3, 0.4) is 0 Å². The van der Waals surface area contributed by atoms with Crippen molar-refractivity contribution in [2.45, 2.75) is 38.5 Å². The number of carbonyl (C=O) groups excluding carboxylic acids is 2. The maximum atomic E-state index is 13.6.